The minimum absolute atomic E-state index is 0.188. The minimum atomic E-state index is -0.188. The standard InChI is InChI=1S/C11H16O/c1-3-11(12)8-10-6-4-5-9(2)7-10/h4-7,11-12H,3,8H2,1-2H3/t11-/m0/s1. The Hall–Kier alpha value is -0.820. The third-order valence-electron chi connectivity index (χ3n) is 2.03. The Labute approximate surface area is 74.1 Å². The Balaban J connectivity index is 2.63. The van der Waals surface area contributed by atoms with Gasteiger partial charge in [0, 0.05) is 0 Å². The Morgan fingerprint density at radius 3 is 2.75 bits per heavy atom. The summed E-state index contributed by atoms with van der Waals surface area (Å²) in [6, 6.07) is 8.29. The van der Waals surface area contributed by atoms with E-state index in [1.807, 2.05) is 13.0 Å². The van der Waals surface area contributed by atoms with Gasteiger partial charge in [-0.2, -0.15) is 0 Å². The maximum absolute atomic E-state index is 9.40. The molecule has 0 aromatic heterocycles. The molecule has 0 bridgehead atoms. The average molecular weight is 164 g/mol. The summed E-state index contributed by atoms with van der Waals surface area (Å²) in [4.78, 5) is 0. The Morgan fingerprint density at radius 1 is 1.42 bits per heavy atom. The summed E-state index contributed by atoms with van der Waals surface area (Å²) >= 11 is 0. The first-order valence-corrected chi connectivity index (χ1v) is 4.46. The van der Waals surface area contributed by atoms with E-state index >= 15 is 0 Å². The van der Waals surface area contributed by atoms with Crippen molar-refractivity contribution < 1.29 is 5.11 Å². The third-order valence-corrected chi connectivity index (χ3v) is 2.03. The first-order valence-electron chi connectivity index (χ1n) is 4.46. The van der Waals surface area contributed by atoms with Crippen LogP contribution in [-0.4, -0.2) is 11.2 Å². The fourth-order valence-electron chi connectivity index (χ4n) is 1.26. The normalized spacial score (nSPS) is 12.9. The second-order valence-electron chi connectivity index (χ2n) is 3.26. The maximum atomic E-state index is 9.40. The zero-order valence-corrected chi connectivity index (χ0v) is 7.75. The molecule has 1 rings (SSSR count). The zero-order chi connectivity index (χ0) is 8.97. The molecule has 1 nitrogen and oxygen atoms in total. The molecular formula is C11H16O. The first kappa shape index (κ1) is 9.27. The lowest BCUT2D eigenvalue weighted by molar-refractivity contribution is 0.171. The second-order valence-corrected chi connectivity index (χ2v) is 3.26. The van der Waals surface area contributed by atoms with Crippen molar-refractivity contribution >= 4 is 0 Å². The van der Waals surface area contributed by atoms with Gasteiger partial charge in [-0.1, -0.05) is 36.8 Å². The fourth-order valence-corrected chi connectivity index (χ4v) is 1.26. The van der Waals surface area contributed by atoms with E-state index in [1.165, 1.54) is 11.1 Å². The Morgan fingerprint density at radius 2 is 2.17 bits per heavy atom. The molecule has 0 aliphatic rings. The van der Waals surface area contributed by atoms with Crippen LogP contribution in [0.25, 0.3) is 0 Å². The summed E-state index contributed by atoms with van der Waals surface area (Å²) in [7, 11) is 0. The van der Waals surface area contributed by atoms with Crippen LogP contribution in [0.1, 0.15) is 24.5 Å². The van der Waals surface area contributed by atoms with Gasteiger partial charge in [0.25, 0.3) is 0 Å². The summed E-state index contributed by atoms with van der Waals surface area (Å²) in [5, 5.41) is 9.40. The molecular weight excluding hydrogens is 148 g/mol. The molecule has 1 atom stereocenters. The molecule has 0 saturated carbocycles. The lowest BCUT2D eigenvalue weighted by atomic mass is 10.0. The van der Waals surface area contributed by atoms with Crippen LogP contribution in [0.3, 0.4) is 0 Å². The van der Waals surface area contributed by atoms with E-state index in [1.54, 1.807) is 0 Å². The fraction of sp³-hybridized carbons (Fsp3) is 0.455. The highest BCUT2D eigenvalue weighted by molar-refractivity contribution is 5.22. The Bertz CT molecular complexity index is 243. The molecule has 1 heteroatoms. The number of aliphatic hydroxyl groups is 1. The molecule has 0 aliphatic carbocycles. The summed E-state index contributed by atoms with van der Waals surface area (Å²) in [5.74, 6) is 0. The van der Waals surface area contributed by atoms with Crippen molar-refractivity contribution in [2.45, 2.75) is 32.8 Å². The summed E-state index contributed by atoms with van der Waals surface area (Å²) in [5.41, 5.74) is 2.49. The van der Waals surface area contributed by atoms with Crippen LogP contribution in [0, 0.1) is 6.92 Å². The van der Waals surface area contributed by atoms with E-state index in [4.69, 9.17) is 0 Å². The van der Waals surface area contributed by atoms with Gasteiger partial charge < -0.3 is 5.11 Å². The molecule has 1 N–H and O–H groups in total. The molecule has 1 aromatic rings. The molecule has 0 aliphatic heterocycles. The van der Waals surface area contributed by atoms with Crippen LogP contribution >= 0.6 is 0 Å². The number of aryl methyl sites for hydroxylation is 1. The molecule has 0 amide bonds. The van der Waals surface area contributed by atoms with Crippen LogP contribution in [0.4, 0.5) is 0 Å². The third kappa shape index (κ3) is 2.67. The van der Waals surface area contributed by atoms with E-state index in [0.29, 0.717) is 0 Å². The Kier molecular flexibility index (Phi) is 3.30. The van der Waals surface area contributed by atoms with Crippen molar-refractivity contribution in [1.29, 1.82) is 0 Å². The molecule has 0 saturated heterocycles. The topological polar surface area (TPSA) is 20.2 Å². The number of aliphatic hydroxyl groups excluding tert-OH is 1. The molecule has 12 heavy (non-hydrogen) atoms. The van der Waals surface area contributed by atoms with Crippen molar-refractivity contribution in [2.75, 3.05) is 0 Å². The maximum Gasteiger partial charge on any atom is 0.0577 e. The summed E-state index contributed by atoms with van der Waals surface area (Å²) < 4.78 is 0. The number of benzene rings is 1. The summed E-state index contributed by atoms with van der Waals surface area (Å²) in [6.07, 6.45) is 1.42. The van der Waals surface area contributed by atoms with E-state index in [0.717, 1.165) is 12.8 Å². The van der Waals surface area contributed by atoms with Gasteiger partial charge in [0.1, 0.15) is 0 Å². The van der Waals surface area contributed by atoms with E-state index in [-0.39, 0.29) is 6.10 Å². The predicted molar refractivity (Wildman–Crippen MR) is 51.2 cm³/mol. The molecule has 0 radical (unpaired) electrons. The zero-order valence-electron chi connectivity index (χ0n) is 7.75. The quantitative estimate of drug-likeness (QED) is 0.726. The lowest BCUT2D eigenvalue weighted by Gasteiger charge is -2.07. The van der Waals surface area contributed by atoms with Gasteiger partial charge in [0.05, 0.1) is 6.10 Å². The van der Waals surface area contributed by atoms with Crippen LogP contribution in [0.5, 0.6) is 0 Å². The van der Waals surface area contributed by atoms with Crippen molar-refractivity contribution in [3.8, 4) is 0 Å². The SMILES string of the molecule is CC[C@H](O)Cc1cccc(C)c1. The highest BCUT2D eigenvalue weighted by Crippen LogP contribution is 2.07. The molecule has 0 heterocycles. The van der Waals surface area contributed by atoms with Crippen molar-refractivity contribution in [1.82, 2.24) is 0 Å². The average Bonchev–Trinajstić information content (AvgIpc) is 2.04. The van der Waals surface area contributed by atoms with Gasteiger partial charge in [-0.3, -0.25) is 0 Å². The smallest absolute Gasteiger partial charge is 0.0577 e. The van der Waals surface area contributed by atoms with Gasteiger partial charge in [0.15, 0.2) is 0 Å². The predicted octanol–water partition coefficient (Wildman–Crippen LogP) is 2.31. The van der Waals surface area contributed by atoms with E-state index in [2.05, 4.69) is 25.1 Å². The van der Waals surface area contributed by atoms with E-state index < -0.39 is 0 Å². The van der Waals surface area contributed by atoms with Crippen molar-refractivity contribution in [3.05, 3.63) is 35.4 Å². The lowest BCUT2D eigenvalue weighted by Crippen LogP contribution is -2.08. The molecule has 66 valence electrons. The monoisotopic (exact) mass is 164 g/mol. The first-order chi connectivity index (χ1) is 5.72. The highest BCUT2D eigenvalue weighted by atomic mass is 16.3. The van der Waals surface area contributed by atoms with Gasteiger partial charge >= 0.3 is 0 Å². The van der Waals surface area contributed by atoms with Crippen molar-refractivity contribution in [3.63, 3.8) is 0 Å². The number of hydrogen-bond acceptors (Lipinski definition) is 1. The number of rotatable bonds is 3. The van der Waals surface area contributed by atoms with Crippen LogP contribution < -0.4 is 0 Å². The number of hydrogen-bond donors (Lipinski definition) is 1. The van der Waals surface area contributed by atoms with Crippen molar-refractivity contribution in [2.24, 2.45) is 0 Å². The second kappa shape index (κ2) is 4.27. The minimum Gasteiger partial charge on any atom is -0.393 e. The highest BCUT2D eigenvalue weighted by Gasteiger charge is 2.01. The van der Waals surface area contributed by atoms with Crippen LogP contribution in [-0.2, 0) is 6.42 Å². The van der Waals surface area contributed by atoms with Gasteiger partial charge in [-0.25, -0.2) is 0 Å². The van der Waals surface area contributed by atoms with Gasteiger partial charge in [0.2, 0.25) is 0 Å². The largest absolute Gasteiger partial charge is 0.393 e. The van der Waals surface area contributed by atoms with Crippen LogP contribution in [0.15, 0.2) is 24.3 Å². The van der Waals surface area contributed by atoms with E-state index in [9.17, 15) is 5.11 Å². The van der Waals surface area contributed by atoms with Gasteiger partial charge in [-0.05, 0) is 25.3 Å². The molecule has 1 aromatic carbocycles. The molecule has 0 fully saturated rings. The molecule has 0 spiro atoms. The molecule has 0 unspecified atom stereocenters. The van der Waals surface area contributed by atoms with Gasteiger partial charge in [-0.15, -0.1) is 0 Å². The van der Waals surface area contributed by atoms with Crippen LogP contribution in [0.2, 0.25) is 0 Å². The summed E-state index contributed by atoms with van der Waals surface area (Å²) in [6.45, 7) is 4.07.